The predicted molar refractivity (Wildman–Crippen MR) is 52.9 cm³/mol. The van der Waals surface area contributed by atoms with Crippen LogP contribution in [0.2, 0.25) is 0 Å². The molecule has 0 aromatic carbocycles. The Bertz CT molecular complexity index is 197. The fraction of sp³-hybridized carbons (Fsp3) is 1.00. The SMILES string of the molecule is NC1(CF)CCN(C2CCOCC2)C1. The van der Waals surface area contributed by atoms with Gasteiger partial charge in [0, 0.05) is 32.3 Å². The molecule has 2 fully saturated rings. The molecule has 4 heteroatoms. The summed E-state index contributed by atoms with van der Waals surface area (Å²) in [6.07, 6.45) is 2.94. The van der Waals surface area contributed by atoms with Gasteiger partial charge in [0.15, 0.2) is 0 Å². The summed E-state index contributed by atoms with van der Waals surface area (Å²) in [6.45, 7) is 2.95. The second kappa shape index (κ2) is 4.13. The Hall–Kier alpha value is -0.190. The molecule has 2 aliphatic heterocycles. The Morgan fingerprint density at radius 2 is 2.14 bits per heavy atom. The quantitative estimate of drug-likeness (QED) is 0.710. The van der Waals surface area contributed by atoms with Crippen LogP contribution in [0, 0.1) is 0 Å². The van der Waals surface area contributed by atoms with Crippen molar-refractivity contribution in [3.8, 4) is 0 Å². The van der Waals surface area contributed by atoms with E-state index >= 15 is 0 Å². The molecule has 0 saturated carbocycles. The van der Waals surface area contributed by atoms with Gasteiger partial charge in [-0.3, -0.25) is 4.90 Å². The van der Waals surface area contributed by atoms with E-state index in [9.17, 15) is 4.39 Å². The van der Waals surface area contributed by atoms with Crippen molar-refractivity contribution in [2.75, 3.05) is 33.0 Å². The largest absolute Gasteiger partial charge is 0.381 e. The topological polar surface area (TPSA) is 38.5 Å². The van der Waals surface area contributed by atoms with Gasteiger partial charge in [-0.2, -0.15) is 0 Å². The zero-order chi connectivity index (χ0) is 10.0. The van der Waals surface area contributed by atoms with E-state index in [1.54, 1.807) is 0 Å². The number of halogens is 1. The number of nitrogens with zero attached hydrogens (tertiary/aromatic N) is 1. The molecular weight excluding hydrogens is 183 g/mol. The Balaban J connectivity index is 1.88. The Kier molecular flexibility index (Phi) is 3.04. The molecule has 2 heterocycles. The molecule has 82 valence electrons. The van der Waals surface area contributed by atoms with Gasteiger partial charge in [-0.05, 0) is 19.3 Å². The molecule has 0 spiro atoms. The average molecular weight is 202 g/mol. The zero-order valence-corrected chi connectivity index (χ0v) is 8.54. The predicted octanol–water partition coefficient (Wildman–Crippen LogP) is 0.538. The first kappa shape index (κ1) is 10.3. The van der Waals surface area contributed by atoms with E-state index in [2.05, 4.69) is 4.90 Å². The van der Waals surface area contributed by atoms with Gasteiger partial charge < -0.3 is 10.5 Å². The standard InChI is InChI=1S/C10H19FN2O/c11-7-10(12)3-4-13(8-10)9-1-5-14-6-2-9/h9H,1-8,12H2. The number of likely N-dealkylation sites (tertiary alicyclic amines) is 1. The van der Waals surface area contributed by atoms with Crippen molar-refractivity contribution < 1.29 is 9.13 Å². The summed E-state index contributed by atoms with van der Waals surface area (Å²) >= 11 is 0. The highest BCUT2D eigenvalue weighted by Gasteiger charge is 2.37. The van der Waals surface area contributed by atoms with Gasteiger partial charge in [-0.25, -0.2) is 4.39 Å². The maximum absolute atomic E-state index is 12.6. The van der Waals surface area contributed by atoms with Crippen molar-refractivity contribution >= 4 is 0 Å². The molecule has 0 aliphatic carbocycles. The van der Waals surface area contributed by atoms with E-state index in [1.165, 1.54) is 0 Å². The van der Waals surface area contributed by atoms with Crippen LogP contribution >= 0.6 is 0 Å². The number of alkyl halides is 1. The van der Waals surface area contributed by atoms with Gasteiger partial charge in [0.05, 0.1) is 5.54 Å². The van der Waals surface area contributed by atoms with Crippen LogP contribution in [0.15, 0.2) is 0 Å². The maximum Gasteiger partial charge on any atom is 0.109 e. The summed E-state index contributed by atoms with van der Waals surface area (Å²) in [5, 5.41) is 0. The van der Waals surface area contributed by atoms with Crippen molar-refractivity contribution in [1.82, 2.24) is 4.90 Å². The molecule has 0 aromatic rings. The molecule has 1 atom stereocenters. The fourth-order valence-electron chi connectivity index (χ4n) is 2.40. The second-order valence-corrected chi connectivity index (χ2v) is 4.56. The smallest absolute Gasteiger partial charge is 0.109 e. The molecular formula is C10H19FN2O. The van der Waals surface area contributed by atoms with E-state index in [0.717, 1.165) is 39.0 Å². The van der Waals surface area contributed by atoms with Crippen LogP contribution in [0.1, 0.15) is 19.3 Å². The highest BCUT2D eigenvalue weighted by Crippen LogP contribution is 2.25. The summed E-state index contributed by atoms with van der Waals surface area (Å²) in [4.78, 5) is 2.34. The number of hydrogen-bond acceptors (Lipinski definition) is 3. The van der Waals surface area contributed by atoms with Crippen LogP contribution < -0.4 is 5.73 Å². The highest BCUT2D eigenvalue weighted by atomic mass is 19.1. The van der Waals surface area contributed by atoms with Crippen LogP contribution in [0.4, 0.5) is 4.39 Å². The number of rotatable bonds is 2. The van der Waals surface area contributed by atoms with Crippen LogP contribution in [-0.4, -0.2) is 49.5 Å². The Morgan fingerprint density at radius 1 is 1.43 bits per heavy atom. The van der Waals surface area contributed by atoms with E-state index in [1.807, 2.05) is 0 Å². The van der Waals surface area contributed by atoms with E-state index in [-0.39, 0.29) is 0 Å². The lowest BCUT2D eigenvalue weighted by molar-refractivity contribution is 0.0400. The van der Waals surface area contributed by atoms with Crippen LogP contribution in [0.3, 0.4) is 0 Å². The summed E-state index contributed by atoms with van der Waals surface area (Å²) in [6, 6.07) is 0.570. The fourth-order valence-corrected chi connectivity index (χ4v) is 2.40. The van der Waals surface area contributed by atoms with Crippen LogP contribution in [0.5, 0.6) is 0 Å². The summed E-state index contributed by atoms with van der Waals surface area (Å²) in [7, 11) is 0. The lowest BCUT2D eigenvalue weighted by atomic mass is 10.0. The van der Waals surface area contributed by atoms with Crippen LogP contribution in [-0.2, 0) is 4.74 Å². The molecule has 2 rings (SSSR count). The monoisotopic (exact) mass is 202 g/mol. The van der Waals surface area contributed by atoms with Gasteiger partial charge >= 0.3 is 0 Å². The minimum absolute atomic E-state index is 0.396. The molecule has 0 aromatic heterocycles. The molecule has 2 saturated heterocycles. The van der Waals surface area contributed by atoms with Crippen LogP contribution in [0.25, 0.3) is 0 Å². The van der Waals surface area contributed by atoms with Gasteiger partial charge in [-0.15, -0.1) is 0 Å². The molecule has 0 bridgehead atoms. The summed E-state index contributed by atoms with van der Waals surface area (Å²) in [5.74, 6) is 0. The molecule has 2 N–H and O–H groups in total. The summed E-state index contributed by atoms with van der Waals surface area (Å²) in [5.41, 5.74) is 5.34. The van der Waals surface area contributed by atoms with Crippen molar-refractivity contribution in [3.63, 3.8) is 0 Å². The van der Waals surface area contributed by atoms with E-state index < -0.39 is 12.2 Å². The third-order valence-electron chi connectivity index (χ3n) is 3.39. The lowest BCUT2D eigenvalue weighted by Gasteiger charge is -2.32. The third kappa shape index (κ3) is 2.07. The van der Waals surface area contributed by atoms with Gasteiger partial charge in [0.1, 0.15) is 6.67 Å². The normalized spacial score (nSPS) is 36.4. The highest BCUT2D eigenvalue weighted by molar-refractivity contribution is 4.96. The van der Waals surface area contributed by atoms with Gasteiger partial charge in [0.2, 0.25) is 0 Å². The van der Waals surface area contributed by atoms with Gasteiger partial charge in [0.25, 0.3) is 0 Å². The Labute approximate surface area is 84.4 Å². The molecule has 2 aliphatic rings. The lowest BCUT2D eigenvalue weighted by Crippen LogP contribution is -2.47. The molecule has 0 radical (unpaired) electrons. The van der Waals surface area contributed by atoms with E-state index in [0.29, 0.717) is 12.6 Å². The molecule has 3 nitrogen and oxygen atoms in total. The van der Waals surface area contributed by atoms with Gasteiger partial charge in [-0.1, -0.05) is 0 Å². The maximum atomic E-state index is 12.6. The van der Waals surface area contributed by atoms with Crippen molar-refractivity contribution in [2.24, 2.45) is 5.73 Å². The van der Waals surface area contributed by atoms with Crippen molar-refractivity contribution in [2.45, 2.75) is 30.8 Å². The molecule has 1 unspecified atom stereocenters. The number of hydrogen-bond donors (Lipinski definition) is 1. The Morgan fingerprint density at radius 3 is 2.71 bits per heavy atom. The number of ether oxygens (including phenoxy) is 1. The average Bonchev–Trinajstić information content (AvgIpc) is 2.63. The minimum Gasteiger partial charge on any atom is -0.381 e. The first-order valence-corrected chi connectivity index (χ1v) is 5.40. The number of nitrogens with two attached hydrogens (primary N) is 1. The molecule has 14 heavy (non-hydrogen) atoms. The summed E-state index contributed by atoms with van der Waals surface area (Å²) < 4.78 is 18.0. The van der Waals surface area contributed by atoms with Crippen molar-refractivity contribution in [1.29, 1.82) is 0 Å². The minimum atomic E-state index is -0.571. The zero-order valence-electron chi connectivity index (χ0n) is 8.54. The first-order valence-electron chi connectivity index (χ1n) is 5.40. The van der Waals surface area contributed by atoms with E-state index in [4.69, 9.17) is 10.5 Å². The second-order valence-electron chi connectivity index (χ2n) is 4.56. The van der Waals surface area contributed by atoms with Crippen molar-refractivity contribution in [3.05, 3.63) is 0 Å². The third-order valence-corrected chi connectivity index (χ3v) is 3.39. The molecule has 0 amide bonds. The first-order chi connectivity index (χ1) is 6.73.